The molecule has 2 aromatic rings. The molecule has 0 radical (unpaired) electrons. The number of hydrogen-bond donors (Lipinski definition) is 1. The van der Waals surface area contributed by atoms with Crippen molar-refractivity contribution < 1.29 is 9.15 Å². The Morgan fingerprint density at radius 3 is 2.70 bits per heavy atom. The fraction of sp³-hybridized carbons (Fsp3) is 0.375. The maximum atomic E-state index is 5.69. The Bertz CT molecular complexity index is 525. The molecule has 2 rings (SSSR count). The zero-order valence-corrected chi connectivity index (χ0v) is 13.4. The molecule has 0 aliphatic heterocycles. The van der Waals surface area contributed by atoms with E-state index < -0.39 is 0 Å². The van der Waals surface area contributed by atoms with E-state index in [0.29, 0.717) is 0 Å². The lowest BCUT2D eigenvalue weighted by atomic mass is 10.0. The van der Waals surface area contributed by atoms with Crippen LogP contribution >= 0.6 is 15.9 Å². The minimum Gasteiger partial charge on any atom is -0.492 e. The summed E-state index contributed by atoms with van der Waals surface area (Å²) in [5.74, 6) is 0.887. The second kappa shape index (κ2) is 7.50. The van der Waals surface area contributed by atoms with E-state index in [1.54, 1.807) is 12.5 Å². The van der Waals surface area contributed by atoms with Crippen molar-refractivity contribution in [3.63, 3.8) is 0 Å². The number of ether oxygens (including phenoxy) is 1. The van der Waals surface area contributed by atoms with E-state index >= 15 is 0 Å². The summed E-state index contributed by atoms with van der Waals surface area (Å²) in [7, 11) is 0. The van der Waals surface area contributed by atoms with Crippen LogP contribution in [0, 0.1) is 0 Å². The van der Waals surface area contributed by atoms with Crippen LogP contribution < -0.4 is 10.1 Å². The molecule has 0 fully saturated rings. The van der Waals surface area contributed by atoms with Crippen LogP contribution in [0.4, 0.5) is 0 Å². The van der Waals surface area contributed by atoms with Crippen molar-refractivity contribution in [2.24, 2.45) is 0 Å². The number of benzene rings is 1. The van der Waals surface area contributed by atoms with Crippen molar-refractivity contribution in [3.05, 3.63) is 52.4 Å². The summed E-state index contributed by atoms with van der Waals surface area (Å²) in [4.78, 5) is 0. The van der Waals surface area contributed by atoms with Crippen LogP contribution in [0.25, 0.3) is 0 Å². The molecule has 108 valence electrons. The molecule has 0 saturated carbocycles. The molecule has 0 spiro atoms. The van der Waals surface area contributed by atoms with E-state index in [4.69, 9.17) is 9.15 Å². The number of hydrogen-bond acceptors (Lipinski definition) is 3. The van der Waals surface area contributed by atoms with Crippen molar-refractivity contribution in [2.75, 3.05) is 13.2 Å². The molecule has 3 nitrogen and oxygen atoms in total. The first-order valence-electron chi connectivity index (χ1n) is 6.94. The quantitative estimate of drug-likeness (QED) is 0.805. The zero-order chi connectivity index (χ0) is 14.4. The molecule has 1 atom stereocenters. The molecule has 1 N–H and O–H groups in total. The van der Waals surface area contributed by atoms with Gasteiger partial charge in [-0.05, 0) is 52.7 Å². The molecule has 0 saturated heterocycles. The van der Waals surface area contributed by atoms with E-state index in [1.807, 2.05) is 12.1 Å². The third kappa shape index (κ3) is 3.64. The lowest BCUT2D eigenvalue weighted by Crippen LogP contribution is -2.21. The Morgan fingerprint density at radius 2 is 2.10 bits per heavy atom. The summed E-state index contributed by atoms with van der Waals surface area (Å²) in [6.07, 6.45) is 4.49. The van der Waals surface area contributed by atoms with E-state index in [0.717, 1.165) is 35.4 Å². The number of halogens is 1. The first kappa shape index (κ1) is 15.1. The van der Waals surface area contributed by atoms with Crippen molar-refractivity contribution in [1.82, 2.24) is 5.32 Å². The average Bonchev–Trinajstić information content (AvgIpc) is 2.97. The molecule has 1 heterocycles. The zero-order valence-electron chi connectivity index (χ0n) is 11.9. The Kier molecular flexibility index (Phi) is 5.68. The highest BCUT2D eigenvalue weighted by Gasteiger charge is 2.15. The molecule has 1 aromatic heterocycles. The highest BCUT2D eigenvalue weighted by Crippen LogP contribution is 2.31. The van der Waals surface area contributed by atoms with Crippen molar-refractivity contribution >= 4 is 15.9 Å². The van der Waals surface area contributed by atoms with Crippen LogP contribution in [0.3, 0.4) is 0 Å². The fourth-order valence-corrected chi connectivity index (χ4v) is 2.61. The fourth-order valence-electron chi connectivity index (χ4n) is 2.10. The van der Waals surface area contributed by atoms with Gasteiger partial charge in [-0.3, -0.25) is 0 Å². The predicted octanol–water partition coefficient (Wildman–Crippen LogP) is 4.53. The van der Waals surface area contributed by atoms with Gasteiger partial charge in [0.05, 0.1) is 29.6 Å². The van der Waals surface area contributed by atoms with Crippen LogP contribution in [0.2, 0.25) is 0 Å². The molecular formula is C16H20BrNO2. The van der Waals surface area contributed by atoms with Gasteiger partial charge in [0.2, 0.25) is 0 Å². The highest BCUT2D eigenvalue weighted by molar-refractivity contribution is 9.10. The van der Waals surface area contributed by atoms with Crippen LogP contribution in [0.1, 0.15) is 37.4 Å². The molecule has 1 aromatic carbocycles. The molecule has 0 bridgehead atoms. The molecule has 0 aliphatic rings. The maximum Gasteiger partial charge on any atom is 0.133 e. The van der Waals surface area contributed by atoms with Crippen molar-refractivity contribution in [2.45, 2.75) is 26.3 Å². The van der Waals surface area contributed by atoms with Gasteiger partial charge in [0.15, 0.2) is 0 Å². The Morgan fingerprint density at radius 1 is 1.25 bits per heavy atom. The highest BCUT2D eigenvalue weighted by atomic mass is 79.9. The second-order valence-corrected chi connectivity index (χ2v) is 5.44. The molecule has 1 unspecified atom stereocenters. The first-order chi connectivity index (χ1) is 9.76. The lowest BCUT2D eigenvalue weighted by Gasteiger charge is -2.18. The number of furan rings is 1. The minimum atomic E-state index is 0.135. The van der Waals surface area contributed by atoms with Crippen LogP contribution in [0.15, 0.2) is 45.7 Å². The second-order valence-electron chi connectivity index (χ2n) is 4.59. The molecule has 0 aliphatic carbocycles. The SMILES string of the molecule is CCCOc1ccc(C(NCC)c2ccoc2)cc1Br. The van der Waals surface area contributed by atoms with Crippen LogP contribution in [0.5, 0.6) is 5.75 Å². The molecule has 20 heavy (non-hydrogen) atoms. The van der Waals surface area contributed by atoms with Gasteiger partial charge in [-0.15, -0.1) is 0 Å². The average molecular weight is 338 g/mol. The van der Waals surface area contributed by atoms with Gasteiger partial charge in [0, 0.05) is 5.56 Å². The minimum absolute atomic E-state index is 0.135. The van der Waals surface area contributed by atoms with E-state index in [2.05, 4.69) is 47.2 Å². The van der Waals surface area contributed by atoms with E-state index in [-0.39, 0.29) is 6.04 Å². The third-order valence-electron chi connectivity index (χ3n) is 3.04. The summed E-state index contributed by atoms with van der Waals surface area (Å²) in [5.41, 5.74) is 2.31. The number of rotatable bonds is 7. The van der Waals surface area contributed by atoms with Gasteiger partial charge >= 0.3 is 0 Å². The summed E-state index contributed by atoms with van der Waals surface area (Å²) in [6.45, 7) is 5.82. The van der Waals surface area contributed by atoms with Crippen molar-refractivity contribution in [1.29, 1.82) is 0 Å². The lowest BCUT2D eigenvalue weighted by molar-refractivity contribution is 0.315. The topological polar surface area (TPSA) is 34.4 Å². The summed E-state index contributed by atoms with van der Waals surface area (Å²) < 4.78 is 11.9. The van der Waals surface area contributed by atoms with Crippen molar-refractivity contribution in [3.8, 4) is 5.75 Å². The Hall–Kier alpha value is -1.26. The Labute approximate surface area is 128 Å². The maximum absolute atomic E-state index is 5.69. The molecule has 4 heteroatoms. The summed E-state index contributed by atoms with van der Waals surface area (Å²) in [5, 5.41) is 3.47. The molecular weight excluding hydrogens is 318 g/mol. The summed E-state index contributed by atoms with van der Waals surface area (Å²) >= 11 is 3.58. The van der Waals surface area contributed by atoms with E-state index in [9.17, 15) is 0 Å². The van der Waals surface area contributed by atoms with Gasteiger partial charge in [-0.2, -0.15) is 0 Å². The molecule has 0 amide bonds. The largest absolute Gasteiger partial charge is 0.492 e. The normalized spacial score (nSPS) is 12.3. The van der Waals surface area contributed by atoms with Gasteiger partial charge in [0.25, 0.3) is 0 Å². The predicted molar refractivity (Wildman–Crippen MR) is 84.2 cm³/mol. The smallest absolute Gasteiger partial charge is 0.133 e. The first-order valence-corrected chi connectivity index (χ1v) is 7.73. The van der Waals surface area contributed by atoms with Gasteiger partial charge in [-0.25, -0.2) is 0 Å². The van der Waals surface area contributed by atoms with Gasteiger partial charge in [0.1, 0.15) is 5.75 Å². The number of nitrogens with one attached hydrogen (secondary N) is 1. The van der Waals surface area contributed by atoms with E-state index in [1.165, 1.54) is 5.56 Å². The van der Waals surface area contributed by atoms with Gasteiger partial charge in [-0.1, -0.05) is 19.9 Å². The monoisotopic (exact) mass is 337 g/mol. The summed E-state index contributed by atoms with van der Waals surface area (Å²) in [6, 6.07) is 8.33. The standard InChI is InChI=1S/C16H20BrNO2/c1-3-8-20-15-6-5-12(10-14(15)17)16(18-4-2)13-7-9-19-11-13/h5-7,9-11,16,18H,3-4,8H2,1-2H3. The third-order valence-corrected chi connectivity index (χ3v) is 3.66. The van der Waals surface area contributed by atoms with Crippen LogP contribution in [-0.2, 0) is 0 Å². The van der Waals surface area contributed by atoms with Gasteiger partial charge < -0.3 is 14.5 Å². The van der Waals surface area contributed by atoms with Crippen LogP contribution in [-0.4, -0.2) is 13.2 Å². The Balaban J connectivity index is 2.23.